The Labute approximate surface area is 134 Å². The van der Waals surface area contributed by atoms with Crippen LogP contribution in [0.15, 0.2) is 42.7 Å². The third-order valence-corrected chi connectivity index (χ3v) is 3.30. The summed E-state index contributed by atoms with van der Waals surface area (Å²) in [6, 6.07) is 9.48. The van der Waals surface area contributed by atoms with Crippen LogP contribution in [0.5, 0.6) is 5.75 Å². The monoisotopic (exact) mass is 310 g/mol. The topological polar surface area (TPSA) is 76.9 Å². The molecule has 7 nitrogen and oxygen atoms in total. The lowest BCUT2D eigenvalue weighted by Gasteiger charge is -2.12. The molecule has 0 atom stereocenters. The largest absolute Gasteiger partial charge is 0.494 e. The average molecular weight is 310 g/mol. The molecule has 2 aromatic heterocycles. The molecule has 1 aromatic carbocycles. The number of anilines is 3. The van der Waals surface area contributed by atoms with E-state index < -0.39 is 0 Å². The third-order valence-electron chi connectivity index (χ3n) is 3.30. The second-order valence-corrected chi connectivity index (χ2v) is 4.93. The van der Waals surface area contributed by atoms with E-state index in [1.807, 2.05) is 50.5 Å². The van der Waals surface area contributed by atoms with Crippen LogP contribution in [0.3, 0.4) is 0 Å². The Kier molecular flexibility index (Phi) is 4.09. The summed E-state index contributed by atoms with van der Waals surface area (Å²) in [4.78, 5) is 8.79. The molecular formula is C16H18N6O. The lowest BCUT2D eigenvalue weighted by molar-refractivity contribution is 0.412. The molecule has 0 bridgehead atoms. The molecule has 0 spiro atoms. The number of aryl methyl sites for hydroxylation is 1. The van der Waals surface area contributed by atoms with Gasteiger partial charge in [-0.1, -0.05) is 0 Å². The summed E-state index contributed by atoms with van der Waals surface area (Å²) in [5, 5.41) is 10.5. The van der Waals surface area contributed by atoms with Crippen LogP contribution in [0.25, 0.3) is 5.69 Å². The first-order chi connectivity index (χ1) is 11.2. The van der Waals surface area contributed by atoms with Crippen molar-refractivity contribution in [2.45, 2.75) is 6.92 Å². The molecule has 0 aliphatic heterocycles. The highest BCUT2D eigenvalue weighted by molar-refractivity contribution is 5.62. The van der Waals surface area contributed by atoms with Gasteiger partial charge < -0.3 is 15.4 Å². The maximum Gasteiger partial charge on any atom is 0.229 e. The predicted molar refractivity (Wildman–Crippen MR) is 89.7 cm³/mol. The molecule has 7 heteroatoms. The minimum absolute atomic E-state index is 0.533. The molecule has 0 amide bonds. The van der Waals surface area contributed by atoms with Gasteiger partial charge in [-0.25, -0.2) is 9.67 Å². The Morgan fingerprint density at radius 2 is 2.04 bits per heavy atom. The second-order valence-electron chi connectivity index (χ2n) is 4.93. The summed E-state index contributed by atoms with van der Waals surface area (Å²) in [5.74, 6) is 2.03. The van der Waals surface area contributed by atoms with Crippen molar-refractivity contribution in [1.82, 2.24) is 19.7 Å². The van der Waals surface area contributed by atoms with Gasteiger partial charge in [0.2, 0.25) is 5.95 Å². The van der Waals surface area contributed by atoms with Gasteiger partial charge in [-0.15, -0.1) is 0 Å². The molecule has 0 radical (unpaired) electrons. The van der Waals surface area contributed by atoms with Crippen molar-refractivity contribution >= 4 is 17.5 Å². The third kappa shape index (κ3) is 3.23. The Bertz CT molecular complexity index is 800. The Hall–Kier alpha value is -3.09. The molecule has 3 rings (SSSR count). The van der Waals surface area contributed by atoms with E-state index >= 15 is 0 Å². The van der Waals surface area contributed by atoms with Crippen LogP contribution in [0.4, 0.5) is 17.5 Å². The van der Waals surface area contributed by atoms with Crippen molar-refractivity contribution in [2.24, 2.45) is 0 Å². The maximum atomic E-state index is 5.40. The van der Waals surface area contributed by atoms with Gasteiger partial charge in [0.1, 0.15) is 17.3 Å². The van der Waals surface area contributed by atoms with Crippen LogP contribution in [0.1, 0.15) is 5.69 Å². The van der Waals surface area contributed by atoms with Crippen molar-refractivity contribution < 1.29 is 4.74 Å². The van der Waals surface area contributed by atoms with E-state index in [0.29, 0.717) is 5.95 Å². The molecule has 0 saturated carbocycles. The summed E-state index contributed by atoms with van der Waals surface area (Å²) in [6.07, 6.45) is 3.59. The summed E-state index contributed by atoms with van der Waals surface area (Å²) in [5.41, 5.74) is 2.57. The molecule has 23 heavy (non-hydrogen) atoms. The fraction of sp³-hybridized carbons (Fsp3) is 0.188. The fourth-order valence-electron chi connectivity index (χ4n) is 2.24. The molecule has 3 aromatic rings. The number of aromatic nitrogens is 4. The first kappa shape index (κ1) is 14.8. The number of ether oxygens (including phenoxy) is 1. The van der Waals surface area contributed by atoms with E-state index in [-0.39, 0.29) is 0 Å². The molecule has 0 unspecified atom stereocenters. The van der Waals surface area contributed by atoms with Crippen molar-refractivity contribution in [3.05, 3.63) is 48.4 Å². The number of rotatable bonds is 5. The van der Waals surface area contributed by atoms with Crippen LogP contribution in [-0.4, -0.2) is 33.9 Å². The Morgan fingerprint density at radius 1 is 1.17 bits per heavy atom. The first-order valence-electron chi connectivity index (χ1n) is 7.18. The summed E-state index contributed by atoms with van der Waals surface area (Å²) < 4.78 is 7.15. The molecule has 2 heterocycles. The van der Waals surface area contributed by atoms with Gasteiger partial charge in [0.05, 0.1) is 7.11 Å². The molecule has 0 aliphatic rings. The van der Waals surface area contributed by atoms with Crippen LogP contribution in [0, 0.1) is 6.92 Å². The molecule has 2 N–H and O–H groups in total. The van der Waals surface area contributed by atoms with E-state index in [1.165, 1.54) is 0 Å². The summed E-state index contributed by atoms with van der Waals surface area (Å²) >= 11 is 0. The first-order valence-corrected chi connectivity index (χ1v) is 7.18. The van der Waals surface area contributed by atoms with E-state index in [2.05, 4.69) is 25.7 Å². The number of nitrogens with zero attached hydrogens (tertiary/aromatic N) is 4. The summed E-state index contributed by atoms with van der Waals surface area (Å²) in [7, 11) is 3.47. The zero-order valence-corrected chi connectivity index (χ0v) is 13.2. The Balaban J connectivity index is 1.95. The molecular weight excluding hydrogens is 292 g/mol. The van der Waals surface area contributed by atoms with Crippen molar-refractivity contribution in [1.29, 1.82) is 0 Å². The predicted octanol–water partition coefficient (Wildman–Crippen LogP) is 2.76. The van der Waals surface area contributed by atoms with Gasteiger partial charge in [0.15, 0.2) is 0 Å². The standard InChI is InChI=1S/C16H18N6O/c1-11-9-15(17-2)21-16(19-11)20-12-5-6-14(23-3)13(10-12)22-8-4-7-18-22/h4-10H,1-3H3,(H2,17,19,20,21). The van der Waals surface area contributed by atoms with Crippen LogP contribution in [0.2, 0.25) is 0 Å². The zero-order valence-electron chi connectivity index (χ0n) is 13.2. The maximum absolute atomic E-state index is 5.40. The molecule has 0 saturated heterocycles. The number of methoxy groups -OCH3 is 1. The lowest BCUT2D eigenvalue weighted by atomic mass is 10.2. The van der Waals surface area contributed by atoms with Gasteiger partial charge in [-0.05, 0) is 31.2 Å². The smallest absolute Gasteiger partial charge is 0.229 e. The molecule has 118 valence electrons. The van der Waals surface area contributed by atoms with Crippen LogP contribution in [-0.2, 0) is 0 Å². The number of nitrogens with one attached hydrogen (secondary N) is 2. The lowest BCUT2D eigenvalue weighted by Crippen LogP contribution is -2.04. The number of hydrogen-bond acceptors (Lipinski definition) is 6. The average Bonchev–Trinajstić information content (AvgIpc) is 3.08. The minimum Gasteiger partial charge on any atom is -0.494 e. The summed E-state index contributed by atoms with van der Waals surface area (Å²) in [6.45, 7) is 1.93. The SMILES string of the molecule is CNc1cc(C)nc(Nc2ccc(OC)c(-n3cccn3)c2)n1. The van der Waals surface area contributed by atoms with Gasteiger partial charge in [0.25, 0.3) is 0 Å². The zero-order chi connectivity index (χ0) is 16.2. The van der Waals surface area contributed by atoms with Gasteiger partial charge >= 0.3 is 0 Å². The normalized spacial score (nSPS) is 10.4. The quantitative estimate of drug-likeness (QED) is 0.754. The highest BCUT2D eigenvalue weighted by Crippen LogP contribution is 2.27. The Morgan fingerprint density at radius 3 is 2.74 bits per heavy atom. The van der Waals surface area contributed by atoms with Crippen LogP contribution < -0.4 is 15.4 Å². The van der Waals surface area contributed by atoms with E-state index in [0.717, 1.165) is 28.6 Å². The highest BCUT2D eigenvalue weighted by atomic mass is 16.5. The highest BCUT2D eigenvalue weighted by Gasteiger charge is 2.08. The van der Waals surface area contributed by atoms with Gasteiger partial charge in [-0.3, -0.25) is 0 Å². The van der Waals surface area contributed by atoms with E-state index in [4.69, 9.17) is 4.74 Å². The fourth-order valence-corrected chi connectivity index (χ4v) is 2.24. The van der Waals surface area contributed by atoms with E-state index in [9.17, 15) is 0 Å². The number of benzene rings is 1. The van der Waals surface area contributed by atoms with E-state index in [1.54, 1.807) is 18.0 Å². The van der Waals surface area contributed by atoms with Gasteiger partial charge in [-0.2, -0.15) is 10.1 Å². The van der Waals surface area contributed by atoms with Crippen molar-refractivity contribution in [3.8, 4) is 11.4 Å². The minimum atomic E-state index is 0.533. The molecule has 0 aliphatic carbocycles. The van der Waals surface area contributed by atoms with Crippen molar-refractivity contribution in [2.75, 3.05) is 24.8 Å². The molecule has 0 fully saturated rings. The van der Waals surface area contributed by atoms with Gasteiger partial charge in [0, 0.05) is 36.9 Å². The second kappa shape index (κ2) is 6.35. The van der Waals surface area contributed by atoms with Crippen molar-refractivity contribution in [3.63, 3.8) is 0 Å². The van der Waals surface area contributed by atoms with Crippen LogP contribution >= 0.6 is 0 Å². The number of hydrogen-bond donors (Lipinski definition) is 2.